The van der Waals surface area contributed by atoms with E-state index in [2.05, 4.69) is 15.6 Å². The van der Waals surface area contributed by atoms with Crippen LogP contribution in [0.15, 0.2) is 60.9 Å². The van der Waals surface area contributed by atoms with E-state index in [9.17, 15) is 9.59 Å². The summed E-state index contributed by atoms with van der Waals surface area (Å²) in [6.07, 6.45) is 4.30. The molecule has 0 aliphatic heterocycles. The molecule has 0 atom stereocenters. The maximum Gasteiger partial charge on any atom is 0.313 e. The number of nitrogens with one attached hydrogen (secondary N) is 2. The number of aromatic nitrogens is 2. The van der Waals surface area contributed by atoms with Crippen LogP contribution in [0.1, 0.15) is 6.42 Å². The average Bonchev–Trinajstić information content (AvgIpc) is 3.26. The Morgan fingerprint density at radius 3 is 2.57 bits per heavy atom. The number of carbonyl (C=O) groups excluding carboxylic acids is 2. The number of amides is 2. The van der Waals surface area contributed by atoms with Gasteiger partial charge in [0.05, 0.1) is 19.9 Å². The van der Waals surface area contributed by atoms with Crippen LogP contribution in [-0.4, -0.2) is 42.1 Å². The molecule has 0 saturated carbocycles. The molecule has 8 heteroatoms. The molecule has 0 unspecified atom stereocenters. The summed E-state index contributed by atoms with van der Waals surface area (Å²) >= 11 is 0. The standard InChI is InChI=1S/C22H24N4O4/c1-29-17-9-10-18(19(15-17)30-2)25-22(28)21(27)24-11-6-13-26-14-12-23-20(26)16-7-4-3-5-8-16/h3-5,7-10,12,14-15H,6,11,13H2,1-2H3,(H,24,27)(H,25,28). The highest BCUT2D eigenvalue weighted by Crippen LogP contribution is 2.28. The lowest BCUT2D eigenvalue weighted by Gasteiger charge is -2.12. The quantitative estimate of drug-likeness (QED) is 0.441. The second-order valence-corrected chi connectivity index (χ2v) is 6.44. The molecular weight excluding hydrogens is 384 g/mol. The molecule has 2 amide bonds. The third-order valence-corrected chi connectivity index (χ3v) is 4.47. The first-order chi connectivity index (χ1) is 14.6. The first kappa shape index (κ1) is 20.9. The van der Waals surface area contributed by atoms with Crippen molar-refractivity contribution < 1.29 is 19.1 Å². The fraction of sp³-hybridized carbons (Fsp3) is 0.227. The smallest absolute Gasteiger partial charge is 0.313 e. The summed E-state index contributed by atoms with van der Waals surface area (Å²) in [5.74, 6) is 0.395. The predicted molar refractivity (Wildman–Crippen MR) is 113 cm³/mol. The molecule has 0 radical (unpaired) electrons. The first-order valence-corrected chi connectivity index (χ1v) is 9.50. The van der Waals surface area contributed by atoms with Gasteiger partial charge in [-0.25, -0.2) is 4.98 Å². The van der Waals surface area contributed by atoms with Crippen LogP contribution in [0.5, 0.6) is 11.5 Å². The molecule has 2 N–H and O–H groups in total. The Bertz CT molecular complexity index is 1000. The van der Waals surface area contributed by atoms with Gasteiger partial charge in [-0.1, -0.05) is 30.3 Å². The van der Waals surface area contributed by atoms with Gasteiger partial charge in [-0.2, -0.15) is 0 Å². The van der Waals surface area contributed by atoms with Crippen LogP contribution in [-0.2, 0) is 16.1 Å². The van der Waals surface area contributed by atoms with Gasteiger partial charge in [0, 0.05) is 37.1 Å². The molecule has 0 spiro atoms. The van der Waals surface area contributed by atoms with E-state index >= 15 is 0 Å². The lowest BCUT2D eigenvalue weighted by atomic mass is 10.2. The van der Waals surface area contributed by atoms with Crippen molar-refractivity contribution in [2.45, 2.75) is 13.0 Å². The van der Waals surface area contributed by atoms with E-state index in [1.54, 1.807) is 24.4 Å². The van der Waals surface area contributed by atoms with Gasteiger partial charge in [-0.15, -0.1) is 0 Å². The van der Waals surface area contributed by atoms with Crippen molar-refractivity contribution in [1.82, 2.24) is 14.9 Å². The van der Waals surface area contributed by atoms with Crippen LogP contribution in [0.25, 0.3) is 11.4 Å². The molecular formula is C22H24N4O4. The van der Waals surface area contributed by atoms with E-state index in [4.69, 9.17) is 9.47 Å². The third kappa shape index (κ3) is 5.16. The number of imidazole rings is 1. The second-order valence-electron chi connectivity index (χ2n) is 6.44. The number of anilines is 1. The van der Waals surface area contributed by atoms with Gasteiger partial charge >= 0.3 is 11.8 Å². The van der Waals surface area contributed by atoms with E-state index in [1.165, 1.54) is 14.2 Å². The molecule has 1 aromatic heterocycles. The Morgan fingerprint density at radius 2 is 1.83 bits per heavy atom. The zero-order chi connectivity index (χ0) is 21.3. The summed E-state index contributed by atoms with van der Waals surface area (Å²) in [6, 6.07) is 14.8. The fourth-order valence-corrected chi connectivity index (χ4v) is 2.95. The van der Waals surface area contributed by atoms with Gasteiger partial charge in [0.25, 0.3) is 0 Å². The van der Waals surface area contributed by atoms with Crippen molar-refractivity contribution in [3.05, 3.63) is 60.9 Å². The molecule has 0 aliphatic rings. The number of methoxy groups -OCH3 is 2. The van der Waals surface area contributed by atoms with Crippen molar-refractivity contribution >= 4 is 17.5 Å². The number of ether oxygens (including phenoxy) is 2. The maximum absolute atomic E-state index is 12.2. The van der Waals surface area contributed by atoms with Crippen molar-refractivity contribution in [2.75, 3.05) is 26.1 Å². The summed E-state index contributed by atoms with van der Waals surface area (Å²) in [5.41, 5.74) is 1.42. The lowest BCUT2D eigenvalue weighted by molar-refractivity contribution is -0.136. The van der Waals surface area contributed by atoms with Crippen molar-refractivity contribution in [3.8, 4) is 22.9 Å². The van der Waals surface area contributed by atoms with Gasteiger partial charge in [-0.3, -0.25) is 9.59 Å². The van der Waals surface area contributed by atoms with Gasteiger partial charge in [0.2, 0.25) is 0 Å². The van der Waals surface area contributed by atoms with Crippen molar-refractivity contribution in [1.29, 1.82) is 0 Å². The highest BCUT2D eigenvalue weighted by Gasteiger charge is 2.16. The van der Waals surface area contributed by atoms with Crippen LogP contribution in [0.3, 0.4) is 0 Å². The van der Waals surface area contributed by atoms with Crippen molar-refractivity contribution in [2.24, 2.45) is 0 Å². The number of carbonyl (C=O) groups is 2. The molecule has 8 nitrogen and oxygen atoms in total. The van der Waals surface area contributed by atoms with Gasteiger partial charge in [0.15, 0.2) is 0 Å². The molecule has 0 aliphatic carbocycles. The second kappa shape index (κ2) is 10.1. The SMILES string of the molecule is COc1ccc(NC(=O)C(=O)NCCCn2ccnc2-c2ccccc2)c(OC)c1. The van der Waals surface area contributed by atoms with Crippen LogP contribution < -0.4 is 20.1 Å². The highest BCUT2D eigenvalue weighted by atomic mass is 16.5. The summed E-state index contributed by atoms with van der Waals surface area (Å²) in [5, 5.41) is 5.19. The van der Waals surface area contributed by atoms with E-state index < -0.39 is 11.8 Å². The van der Waals surface area contributed by atoms with Crippen LogP contribution in [0.4, 0.5) is 5.69 Å². The maximum atomic E-state index is 12.2. The van der Waals surface area contributed by atoms with E-state index in [0.717, 1.165) is 11.4 Å². The van der Waals surface area contributed by atoms with E-state index in [0.29, 0.717) is 36.7 Å². The normalized spacial score (nSPS) is 10.3. The van der Waals surface area contributed by atoms with Crippen molar-refractivity contribution in [3.63, 3.8) is 0 Å². The Hall–Kier alpha value is -3.81. The molecule has 3 aromatic rings. The molecule has 3 rings (SSSR count). The van der Waals surface area contributed by atoms with Gasteiger partial charge in [-0.05, 0) is 18.6 Å². The monoisotopic (exact) mass is 408 g/mol. The lowest BCUT2D eigenvalue weighted by Crippen LogP contribution is -2.36. The number of rotatable bonds is 8. The number of nitrogens with zero attached hydrogens (tertiary/aromatic N) is 2. The van der Waals surface area contributed by atoms with Crippen LogP contribution in [0, 0.1) is 0 Å². The summed E-state index contributed by atoms with van der Waals surface area (Å²) in [4.78, 5) is 28.7. The van der Waals surface area contributed by atoms with Crippen LogP contribution in [0.2, 0.25) is 0 Å². The minimum atomic E-state index is -0.758. The largest absolute Gasteiger partial charge is 0.497 e. The molecule has 0 saturated heterocycles. The highest BCUT2D eigenvalue weighted by molar-refractivity contribution is 6.39. The van der Waals surface area contributed by atoms with Crippen LogP contribution >= 0.6 is 0 Å². The average molecular weight is 408 g/mol. The minimum Gasteiger partial charge on any atom is -0.497 e. The zero-order valence-electron chi connectivity index (χ0n) is 16.9. The Morgan fingerprint density at radius 1 is 1.03 bits per heavy atom. The Labute approximate surface area is 174 Å². The topological polar surface area (TPSA) is 94.5 Å². The molecule has 1 heterocycles. The van der Waals surface area contributed by atoms with E-state index in [1.807, 2.05) is 41.1 Å². The first-order valence-electron chi connectivity index (χ1n) is 9.50. The number of hydrogen-bond acceptors (Lipinski definition) is 5. The third-order valence-electron chi connectivity index (χ3n) is 4.47. The number of aryl methyl sites for hydroxylation is 1. The summed E-state index contributed by atoms with van der Waals surface area (Å²) < 4.78 is 12.4. The molecule has 0 fully saturated rings. The molecule has 30 heavy (non-hydrogen) atoms. The zero-order valence-corrected chi connectivity index (χ0v) is 16.9. The Kier molecular flexibility index (Phi) is 7.05. The molecule has 2 aromatic carbocycles. The molecule has 0 bridgehead atoms. The number of hydrogen-bond donors (Lipinski definition) is 2. The van der Waals surface area contributed by atoms with E-state index in [-0.39, 0.29) is 0 Å². The summed E-state index contributed by atoms with van der Waals surface area (Å²) in [6.45, 7) is 1.02. The minimum absolute atomic E-state index is 0.360. The number of benzene rings is 2. The van der Waals surface area contributed by atoms with Gasteiger partial charge < -0.3 is 24.7 Å². The fourth-order valence-electron chi connectivity index (χ4n) is 2.95. The van der Waals surface area contributed by atoms with Gasteiger partial charge in [0.1, 0.15) is 17.3 Å². The Balaban J connectivity index is 1.49. The predicted octanol–water partition coefficient (Wildman–Crippen LogP) is 2.71. The molecule has 156 valence electrons. The summed E-state index contributed by atoms with van der Waals surface area (Å²) in [7, 11) is 3.01.